The van der Waals surface area contributed by atoms with Gasteiger partial charge in [0.25, 0.3) is 0 Å². The summed E-state index contributed by atoms with van der Waals surface area (Å²) in [6.07, 6.45) is 4.64. The first-order valence-corrected chi connectivity index (χ1v) is 8.47. The summed E-state index contributed by atoms with van der Waals surface area (Å²) in [5, 5.41) is 2.74. The van der Waals surface area contributed by atoms with E-state index >= 15 is 0 Å². The molecule has 0 spiro atoms. The van der Waals surface area contributed by atoms with E-state index in [2.05, 4.69) is 9.97 Å². The van der Waals surface area contributed by atoms with Gasteiger partial charge in [0.15, 0.2) is 0 Å². The Hall–Kier alpha value is -2.99. The average Bonchev–Trinajstić information content (AvgIpc) is 3.15. The lowest BCUT2D eigenvalue weighted by atomic mass is 10.2. The van der Waals surface area contributed by atoms with Gasteiger partial charge in [0.2, 0.25) is 0 Å². The van der Waals surface area contributed by atoms with Gasteiger partial charge in [-0.2, -0.15) is 0 Å². The predicted octanol–water partition coefficient (Wildman–Crippen LogP) is 3.97. The highest BCUT2D eigenvalue weighted by Crippen LogP contribution is 2.27. The number of aromatic nitrogens is 2. The van der Waals surface area contributed by atoms with Crippen LogP contribution >= 0.6 is 11.3 Å². The second kappa shape index (κ2) is 8.21. The maximum atomic E-state index is 11.8. The van der Waals surface area contributed by atoms with E-state index in [-0.39, 0.29) is 6.61 Å². The topological polar surface area (TPSA) is 61.3 Å². The number of hydrogen-bond acceptors (Lipinski definition) is 6. The fourth-order valence-corrected chi connectivity index (χ4v) is 2.88. The van der Waals surface area contributed by atoms with E-state index in [0.717, 1.165) is 16.3 Å². The Morgan fingerprint density at radius 2 is 2.16 bits per heavy atom. The minimum atomic E-state index is -0.429. The lowest BCUT2D eigenvalue weighted by Crippen LogP contribution is -2.01. The number of nitrogens with zero attached hydrogens (tertiary/aromatic N) is 2. The fourth-order valence-electron chi connectivity index (χ4n) is 2.08. The summed E-state index contributed by atoms with van der Waals surface area (Å²) in [7, 11) is 1.63. The van der Waals surface area contributed by atoms with Crippen molar-refractivity contribution >= 4 is 23.4 Å². The molecule has 0 saturated heterocycles. The van der Waals surface area contributed by atoms with Crippen LogP contribution in [0.2, 0.25) is 0 Å². The van der Waals surface area contributed by atoms with Gasteiger partial charge in [-0.05, 0) is 30.3 Å². The first-order valence-electron chi connectivity index (χ1n) is 7.59. The molecule has 6 heteroatoms. The highest BCUT2D eigenvalue weighted by atomic mass is 32.1. The highest BCUT2D eigenvalue weighted by Gasteiger charge is 2.07. The molecule has 3 rings (SSSR count). The quantitative estimate of drug-likeness (QED) is 0.496. The van der Waals surface area contributed by atoms with Crippen molar-refractivity contribution in [1.29, 1.82) is 0 Å². The van der Waals surface area contributed by atoms with Crippen LogP contribution in [0.25, 0.3) is 16.6 Å². The maximum Gasteiger partial charge on any atom is 0.331 e. The van der Waals surface area contributed by atoms with E-state index in [1.807, 2.05) is 47.8 Å². The molecule has 0 radical (unpaired) electrons. The molecular formula is C19H16N2O3S. The predicted molar refractivity (Wildman–Crippen MR) is 97.2 cm³/mol. The molecule has 25 heavy (non-hydrogen) atoms. The van der Waals surface area contributed by atoms with Crippen LogP contribution in [0, 0.1) is 0 Å². The van der Waals surface area contributed by atoms with Crippen LogP contribution in [0.5, 0.6) is 5.75 Å². The zero-order valence-electron chi connectivity index (χ0n) is 13.6. The molecule has 0 saturated carbocycles. The second-order valence-corrected chi connectivity index (χ2v) is 5.93. The zero-order chi connectivity index (χ0) is 17.5. The molecule has 0 unspecified atom stereocenters. The standard InChI is InChI=1S/C19H16N2O3S/c1-23-17-7-4-5-14(11-17)19-21-16(13-25-19)12-24-18(22)9-8-15-6-2-3-10-20-15/h2-11,13H,12H2,1H3. The summed E-state index contributed by atoms with van der Waals surface area (Å²) < 4.78 is 10.4. The Morgan fingerprint density at radius 1 is 1.24 bits per heavy atom. The van der Waals surface area contributed by atoms with E-state index in [0.29, 0.717) is 11.4 Å². The Balaban J connectivity index is 1.58. The van der Waals surface area contributed by atoms with Crippen molar-refractivity contribution in [1.82, 2.24) is 9.97 Å². The molecule has 1 aromatic carbocycles. The third-order valence-corrected chi connectivity index (χ3v) is 4.25. The van der Waals surface area contributed by atoms with Crippen LogP contribution in [0.4, 0.5) is 0 Å². The number of methoxy groups -OCH3 is 1. The molecular weight excluding hydrogens is 336 g/mol. The lowest BCUT2D eigenvalue weighted by Gasteiger charge is -2.01. The minimum absolute atomic E-state index is 0.131. The number of ether oxygens (including phenoxy) is 2. The first-order chi connectivity index (χ1) is 12.2. The summed E-state index contributed by atoms with van der Waals surface area (Å²) >= 11 is 1.50. The van der Waals surface area contributed by atoms with Gasteiger partial charge in [0.05, 0.1) is 18.5 Å². The lowest BCUT2D eigenvalue weighted by molar-refractivity contribution is -0.139. The summed E-state index contributed by atoms with van der Waals surface area (Å²) in [5.41, 5.74) is 2.38. The largest absolute Gasteiger partial charge is 0.497 e. The summed E-state index contributed by atoms with van der Waals surface area (Å²) in [6.45, 7) is 0.131. The van der Waals surface area contributed by atoms with E-state index in [1.54, 1.807) is 19.4 Å². The van der Waals surface area contributed by atoms with Crippen molar-refractivity contribution in [2.75, 3.05) is 7.11 Å². The molecule has 0 aliphatic heterocycles. The van der Waals surface area contributed by atoms with Crippen LogP contribution in [0.3, 0.4) is 0 Å². The van der Waals surface area contributed by atoms with Gasteiger partial charge >= 0.3 is 5.97 Å². The molecule has 0 atom stereocenters. The highest BCUT2D eigenvalue weighted by molar-refractivity contribution is 7.13. The van der Waals surface area contributed by atoms with E-state index in [9.17, 15) is 4.79 Å². The van der Waals surface area contributed by atoms with Crippen LogP contribution in [0.1, 0.15) is 11.4 Å². The normalized spacial score (nSPS) is 10.8. The Kier molecular flexibility index (Phi) is 5.53. The fraction of sp³-hybridized carbons (Fsp3) is 0.105. The minimum Gasteiger partial charge on any atom is -0.497 e. The first kappa shape index (κ1) is 16.9. The van der Waals surface area contributed by atoms with Crippen molar-refractivity contribution in [3.8, 4) is 16.3 Å². The second-order valence-electron chi connectivity index (χ2n) is 5.07. The Bertz CT molecular complexity index is 875. The molecule has 0 aliphatic carbocycles. The van der Waals surface area contributed by atoms with Crippen LogP contribution < -0.4 is 4.74 Å². The molecule has 2 aromatic heterocycles. The van der Waals surface area contributed by atoms with Crippen molar-refractivity contribution < 1.29 is 14.3 Å². The number of thiazole rings is 1. The number of esters is 1. The van der Waals surface area contributed by atoms with Crippen LogP contribution in [-0.2, 0) is 16.1 Å². The van der Waals surface area contributed by atoms with Gasteiger partial charge in [-0.15, -0.1) is 11.3 Å². The number of carbonyl (C=O) groups excluding carboxylic acids is 1. The summed E-state index contributed by atoms with van der Waals surface area (Å²) in [4.78, 5) is 20.4. The van der Waals surface area contributed by atoms with Gasteiger partial charge in [0.1, 0.15) is 17.4 Å². The molecule has 5 nitrogen and oxygen atoms in total. The molecule has 0 amide bonds. The summed E-state index contributed by atoms with van der Waals surface area (Å²) in [6, 6.07) is 13.2. The van der Waals surface area contributed by atoms with Crippen molar-refractivity contribution in [2.24, 2.45) is 0 Å². The van der Waals surface area contributed by atoms with Crippen molar-refractivity contribution in [3.63, 3.8) is 0 Å². The number of pyridine rings is 1. The molecule has 0 aliphatic rings. The van der Waals surface area contributed by atoms with E-state index in [1.165, 1.54) is 17.4 Å². The molecule has 0 bridgehead atoms. The third-order valence-electron chi connectivity index (χ3n) is 3.31. The molecule has 2 heterocycles. The maximum absolute atomic E-state index is 11.8. The third kappa shape index (κ3) is 4.74. The van der Waals surface area contributed by atoms with Gasteiger partial charge in [-0.25, -0.2) is 9.78 Å². The van der Waals surface area contributed by atoms with Crippen LogP contribution in [-0.4, -0.2) is 23.0 Å². The average molecular weight is 352 g/mol. The van der Waals surface area contributed by atoms with Crippen LogP contribution in [0.15, 0.2) is 60.1 Å². The van der Waals surface area contributed by atoms with Crippen molar-refractivity contribution in [2.45, 2.75) is 6.61 Å². The van der Waals surface area contributed by atoms with E-state index < -0.39 is 5.97 Å². The number of hydrogen-bond donors (Lipinski definition) is 0. The zero-order valence-corrected chi connectivity index (χ0v) is 14.4. The van der Waals surface area contributed by atoms with E-state index in [4.69, 9.17) is 9.47 Å². The SMILES string of the molecule is COc1cccc(-c2nc(COC(=O)C=Cc3ccccn3)cs2)c1. The smallest absolute Gasteiger partial charge is 0.331 e. The Morgan fingerprint density at radius 3 is 2.96 bits per heavy atom. The van der Waals surface area contributed by atoms with Gasteiger partial charge in [-0.1, -0.05) is 18.2 Å². The number of rotatable bonds is 6. The van der Waals surface area contributed by atoms with Crippen molar-refractivity contribution in [3.05, 3.63) is 71.5 Å². The number of benzene rings is 1. The Labute approximate surface area is 149 Å². The molecule has 0 N–H and O–H groups in total. The molecule has 0 fully saturated rings. The van der Waals surface area contributed by atoms with Gasteiger partial charge < -0.3 is 9.47 Å². The van der Waals surface area contributed by atoms with Gasteiger partial charge in [-0.3, -0.25) is 4.98 Å². The van der Waals surface area contributed by atoms with Gasteiger partial charge in [0, 0.05) is 23.2 Å². The number of carbonyl (C=O) groups is 1. The molecule has 126 valence electrons. The summed E-state index contributed by atoms with van der Waals surface area (Å²) in [5.74, 6) is 0.349. The monoisotopic (exact) mass is 352 g/mol. The molecule has 3 aromatic rings.